The zero-order chi connectivity index (χ0) is 9.97. The summed E-state index contributed by atoms with van der Waals surface area (Å²) < 4.78 is 16.9. The van der Waals surface area contributed by atoms with Crippen LogP contribution in [-0.4, -0.2) is 20.5 Å². The van der Waals surface area contributed by atoms with Crippen molar-refractivity contribution in [3.8, 4) is 11.5 Å². The van der Waals surface area contributed by atoms with Gasteiger partial charge in [0.25, 0.3) is 0 Å². The molecule has 0 bridgehead atoms. The molecule has 0 aliphatic carbocycles. The summed E-state index contributed by atoms with van der Waals surface area (Å²) in [4.78, 5) is 0. The molecule has 1 aliphatic rings. The van der Waals surface area contributed by atoms with Crippen LogP contribution in [0.3, 0.4) is 0 Å². The number of ether oxygens (including phenoxy) is 1. The molecule has 1 aromatic carbocycles. The monoisotopic (exact) mass is 212 g/mol. The molecule has 1 saturated heterocycles. The summed E-state index contributed by atoms with van der Waals surface area (Å²) in [6, 6.07) is 6.50. The lowest BCUT2D eigenvalue weighted by Crippen LogP contribution is -2.16. The van der Waals surface area contributed by atoms with Gasteiger partial charge in [-0.25, -0.2) is 0 Å². The van der Waals surface area contributed by atoms with Gasteiger partial charge in [0, 0.05) is 5.75 Å². The van der Waals surface area contributed by atoms with Crippen LogP contribution in [0.15, 0.2) is 24.3 Å². The largest absolute Gasteiger partial charge is 0.508 e. The minimum Gasteiger partial charge on any atom is -0.508 e. The Hall–Kier alpha value is -1.03. The molecule has 3 nitrogen and oxygen atoms in total. The van der Waals surface area contributed by atoms with Crippen LogP contribution in [0.1, 0.15) is 12.8 Å². The van der Waals surface area contributed by atoms with Crippen LogP contribution in [0, 0.1) is 0 Å². The van der Waals surface area contributed by atoms with E-state index in [-0.39, 0.29) is 11.2 Å². The maximum atomic E-state index is 11.4. The Morgan fingerprint density at radius 3 is 2.64 bits per heavy atom. The van der Waals surface area contributed by atoms with Gasteiger partial charge in [-0.15, -0.1) is 0 Å². The first-order chi connectivity index (χ1) is 6.75. The zero-order valence-corrected chi connectivity index (χ0v) is 8.50. The van der Waals surface area contributed by atoms with Gasteiger partial charge in [0.05, 0.1) is 10.8 Å². The molecular weight excluding hydrogens is 200 g/mol. The average Bonchev–Trinajstić information content (AvgIpc) is 2.56. The highest BCUT2D eigenvalue weighted by atomic mass is 32.2. The molecule has 1 heterocycles. The predicted molar refractivity (Wildman–Crippen MR) is 54.8 cm³/mol. The summed E-state index contributed by atoms with van der Waals surface area (Å²) in [5.41, 5.74) is -0.167. The number of phenolic OH excluding ortho intramolecular Hbond substituents is 1. The second kappa shape index (κ2) is 4.00. The van der Waals surface area contributed by atoms with E-state index >= 15 is 0 Å². The molecule has 1 fully saturated rings. The van der Waals surface area contributed by atoms with Crippen molar-refractivity contribution in [2.24, 2.45) is 0 Å². The smallest absolute Gasteiger partial charge is 0.173 e. The van der Waals surface area contributed by atoms with Gasteiger partial charge in [-0.3, -0.25) is 4.21 Å². The Morgan fingerprint density at radius 2 is 2.07 bits per heavy atom. The standard InChI is InChI=1S/C10H12O3S/c11-8-3-5-9(6-4-8)13-10-2-1-7-14(10)12/h3-6,10-11H,1-2,7H2. The summed E-state index contributed by atoms with van der Waals surface area (Å²) in [5.74, 6) is 1.62. The summed E-state index contributed by atoms with van der Waals surface area (Å²) in [5, 5.41) is 9.05. The molecule has 2 rings (SSSR count). The van der Waals surface area contributed by atoms with Crippen LogP contribution in [0.2, 0.25) is 0 Å². The van der Waals surface area contributed by atoms with Crippen molar-refractivity contribution in [3.63, 3.8) is 0 Å². The molecule has 0 spiro atoms. The molecule has 4 heteroatoms. The van der Waals surface area contributed by atoms with Gasteiger partial charge in [0.1, 0.15) is 11.5 Å². The molecule has 2 atom stereocenters. The molecule has 2 unspecified atom stereocenters. The van der Waals surface area contributed by atoms with E-state index in [0.29, 0.717) is 5.75 Å². The average molecular weight is 212 g/mol. The van der Waals surface area contributed by atoms with Crippen molar-refractivity contribution in [2.75, 3.05) is 5.75 Å². The van der Waals surface area contributed by atoms with E-state index < -0.39 is 10.8 Å². The van der Waals surface area contributed by atoms with E-state index in [1.807, 2.05) is 0 Å². The quantitative estimate of drug-likeness (QED) is 0.810. The molecule has 1 aliphatic heterocycles. The van der Waals surface area contributed by atoms with Crippen LogP contribution in [-0.2, 0) is 10.8 Å². The Morgan fingerprint density at radius 1 is 1.36 bits per heavy atom. The van der Waals surface area contributed by atoms with Crippen molar-refractivity contribution in [1.82, 2.24) is 0 Å². The molecule has 0 saturated carbocycles. The van der Waals surface area contributed by atoms with E-state index in [4.69, 9.17) is 9.84 Å². The van der Waals surface area contributed by atoms with Crippen molar-refractivity contribution < 1.29 is 14.1 Å². The lowest BCUT2D eigenvalue weighted by molar-refractivity contribution is 0.279. The van der Waals surface area contributed by atoms with E-state index in [2.05, 4.69) is 0 Å². The summed E-state index contributed by atoms with van der Waals surface area (Å²) >= 11 is 0. The first-order valence-corrected chi connectivity index (χ1v) is 5.97. The Bertz CT molecular complexity index is 334. The van der Waals surface area contributed by atoms with Gasteiger partial charge >= 0.3 is 0 Å². The Balaban J connectivity index is 2.03. The van der Waals surface area contributed by atoms with E-state index in [0.717, 1.165) is 18.6 Å². The minimum absolute atomic E-state index is 0.167. The fraction of sp³-hybridized carbons (Fsp3) is 0.400. The van der Waals surface area contributed by atoms with Crippen molar-refractivity contribution in [3.05, 3.63) is 24.3 Å². The second-order valence-electron chi connectivity index (χ2n) is 3.27. The molecule has 1 aromatic rings. The van der Waals surface area contributed by atoms with Crippen LogP contribution in [0.4, 0.5) is 0 Å². The Labute approximate surface area is 85.2 Å². The number of rotatable bonds is 2. The molecule has 76 valence electrons. The van der Waals surface area contributed by atoms with Crippen LogP contribution >= 0.6 is 0 Å². The third kappa shape index (κ3) is 2.07. The van der Waals surface area contributed by atoms with Gasteiger partial charge in [0.15, 0.2) is 5.44 Å². The number of phenols is 1. The first kappa shape index (κ1) is 9.52. The number of hydrogen-bond donors (Lipinski definition) is 1. The molecule has 0 radical (unpaired) electrons. The van der Waals surface area contributed by atoms with Gasteiger partial charge in [0.2, 0.25) is 0 Å². The fourth-order valence-electron chi connectivity index (χ4n) is 1.44. The summed E-state index contributed by atoms with van der Waals surface area (Å²) in [7, 11) is -0.851. The van der Waals surface area contributed by atoms with E-state index in [9.17, 15) is 4.21 Å². The van der Waals surface area contributed by atoms with Gasteiger partial charge in [-0.1, -0.05) is 0 Å². The van der Waals surface area contributed by atoms with E-state index in [1.165, 1.54) is 0 Å². The zero-order valence-electron chi connectivity index (χ0n) is 7.68. The summed E-state index contributed by atoms with van der Waals surface area (Å²) in [6.07, 6.45) is 1.82. The van der Waals surface area contributed by atoms with Crippen LogP contribution in [0.5, 0.6) is 11.5 Å². The number of benzene rings is 1. The highest BCUT2D eigenvalue weighted by Crippen LogP contribution is 2.22. The second-order valence-corrected chi connectivity index (χ2v) is 4.96. The molecule has 1 N–H and O–H groups in total. The van der Waals surface area contributed by atoms with E-state index in [1.54, 1.807) is 24.3 Å². The van der Waals surface area contributed by atoms with Crippen LogP contribution in [0.25, 0.3) is 0 Å². The lowest BCUT2D eigenvalue weighted by atomic mass is 10.3. The predicted octanol–water partition coefficient (Wildman–Crippen LogP) is 1.64. The molecule has 0 amide bonds. The number of aromatic hydroxyl groups is 1. The molecule has 14 heavy (non-hydrogen) atoms. The minimum atomic E-state index is -0.851. The third-order valence-corrected chi connectivity index (χ3v) is 3.79. The molecular formula is C10H12O3S. The van der Waals surface area contributed by atoms with Crippen molar-refractivity contribution >= 4 is 10.8 Å². The van der Waals surface area contributed by atoms with Crippen molar-refractivity contribution in [2.45, 2.75) is 18.3 Å². The SMILES string of the molecule is O=S1CCCC1Oc1ccc(O)cc1. The fourth-order valence-corrected chi connectivity index (χ4v) is 2.81. The van der Waals surface area contributed by atoms with Crippen LogP contribution < -0.4 is 4.74 Å². The highest BCUT2D eigenvalue weighted by molar-refractivity contribution is 7.85. The maximum Gasteiger partial charge on any atom is 0.173 e. The van der Waals surface area contributed by atoms with Crippen molar-refractivity contribution in [1.29, 1.82) is 0 Å². The van der Waals surface area contributed by atoms with Gasteiger partial charge < -0.3 is 9.84 Å². The highest BCUT2D eigenvalue weighted by Gasteiger charge is 2.24. The lowest BCUT2D eigenvalue weighted by Gasteiger charge is -2.11. The first-order valence-electron chi connectivity index (χ1n) is 4.58. The maximum absolute atomic E-state index is 11.4. The van der Waals surface area contributed by atoms with Gasteiger partial charge in [-0.05, 0) is 37.1 Å². The number of hydrogen-bond acceptors (Lipinski definition) is 3. The Kier molecular flexibility index (Phi) is 2.72. The normalized spacial score (nSPS) is 26.3. The van der Waals surface area contributed by atoms with Gasteiger partial charge in [-0.2, -0.15) is 0 Å². The topological polar surface area (TPSA) is 46.5 Å². The third-order valence-electron chi connectivity index (χ3n) is 2.18. The summed E-state index contributed by atoms with van der Waals surface area (Å²) in [6.45, 7) is 0. The molecule has 0 aromatic heterocycles.